The number of aromatic nitrogens is 1. The number of sulfonamides is 1. The summed E-state index contributed by atoms with van der Waals surface area (Å²) in [6.07, 6.45) is 1.50. The number of urea groups is 1. The Labute approximate surface area is 142 Å². The van der Waals surface area contributed by atoms with E-state index in [0.717, 1.165) is 17.2 Å². The van der Waals surface area contributed by atoms with Gasteiger partial charge >= 0.3 is 16.4 Å². The van der Waals surface area contributed by atoms with Crippen LogP contribution in [0.2, 0.25) is 0 Å². The Hall–Kier alpha value is -2.23. The second-order valence-corrected chi connectivity index (χ2v) is 8.00. The van der Waals surface area contributed by atoms with Crippen molar-refractivity contribution in [2.45, 2.75) is 30.0 Å². The summed E-state index contributed by atoms with van der Waals surface area (Å²) in [5, 5.41) is 11.3. The molecule has 0 spiro atoms. The van der Waals surface area contributed by atoms with E-state index in [0.29, 0.717) is 5.06 Å². The molecule has 2 aliphatic heterocycles. The molecule has 1 aromatic rings. The van der Waals surface area contributed by atoms with Gasteiger partial charge in [0.05, 0.1) is 12.1 Å². The lowest BCUT2D eigenvalue weighted by Gasteiger charge is -2.30. The van der Waals surface area contributed by atoms with Crippen molar-refractivity contribution >= 4 is 32.3 Å². The molecule has 3 N–H and O–H groups in total. The first kappa shape index (κ1) is 17.6. The number of piperidine rings is 1. The van der Waals surface area contributed by atoms with Crippen molar-refractivity contribution in [3.8, 4) is 0 Å². The van der Waals surface area contributed by atoms with Crippen molar-refractivity contribution in [3.05, 3.63) is 12.3 Å². The standard InChI is InChI=1S/C10H13N5O8S2/c11-9(13-24(17,18)8-3-4-22-12-8)7-2-1-6-5-14(7)10(16)15(6)23-25(19,20)21/h3-4,6-7H,1-2,5H2,(H2,11,13)(H,19,20,21)/t6-,7+/m1/s1. The van der Waals surface area contributed by atoms with Crippen molar-refractivity contribution < 1.29 is 35.0 Å². The van der Waals surface area contributed by atoms with E-state index < -0.39 is 49.4 Å². The molecule has 3 rings (SSSR count). The van der Waals surface area contributed by atoms with E-state index >= 15 is 0 Å². The highest BCUT2D eigenvalue weighted by atomic mass is 32.3. The minimum atomic E-state index is -4.88. The quantitative estimate of drug-likeness (QED) is 0.317. The van der Waals surface area contributed by atoms with E-state index in [9.17, 15) is 21.6 Å². The molecule has 3 heterocycles. The molecule has 0 aromatic carbocycles. The summed E-state index contributed by atoms with van der Waals surface area (Å²) in [5.41, 5.74) is 0. The van der Waals surface area contributed by atoms with E-state index in [4.69, 9.17) is 9.96 Å². The van der Waals surface area contributed by atoms with Gasteiger partial charge in [0.15, 0.2) is 0 Å². The van der Waals surface area contributed by atoms with Crippen LogP contribution in [0.3, 0.4) is 0 Å². The average Bonchev–Trinajstić information content (AvgIpc) is 3.11. The Balaban J connectivity index is 1.75. The van der Waals surface area contributed by atoms with Gasteiger partial charge in [-0.25, -0.2) is 4.79 Å². The number of amides is 2. The first-order valence-corrected chi connectivity index (χ1v) is 9.72. The summed E-state index contributed by atoms with van der Waals surface area (Å²) >= 11 is 0. The molecule has 138 valence electrons. The first-order valence-electron chi connectivity index (χ1n) is 6.87. The average molecular weight is 395 g/mol. The summed E-state index contributed by atoms with van der Waals surface area (Å²) in [4.78, 5) is 13.3. The molecule has 0 radical (unpaired) electrons. The predicted octanol–water partition coefficient (Wildman–Crippen LogP) is -1.07. The fourth-order valence-electron chi connectivity index (χ4n) is 2.74. The number of hydrogen-bond donors (Lipinski definition) is 3. The molecule has 0 unspecified atom stereocenters. The van der Waals surface area contributed by atoms with Gasteiger partial charge in [-0.2, -0.15) is 21.9 Å². The third-order valence-electron chi connectivity index (χ3n) is 3.76. The van der Waals surface area contributed by atoms with Crippen LogP contribution in [0.1, 0.15) is 12.8 Å². The van der Waals surface area contributed by atoms with Crippen molar-refractivity contribution in [1.29, 1.82) is 5.41 Å². The van der Waals surface area contributed by atoms with Crippen LogP contribution in [0.5, 0.6) is 0 Å². The highest BCUT2D eigenvalue weighted by Crippen LogP contribution is 2.31. The van der Waals surface area contributed by atoms with E-state index in [1.807, 2.05) is 4.72 Å². The molecular formula is C10H13N5O8S2. The van der Waals surface area contributed by atoms with Gasteiger partial charge in [0.2, 0.25) is 5.03 Å². The maximum absolute atomic E-state index is 12.2. The summed E-state index contributed by atoms with van der Waals surface area (Å²) in [6.45, 7) is 0.0209. The van der Waals surface area contributed by atoms with Crippen LogP contribution in [-0.4, -0.2) is 67.0 Å². The summed E-state index contributed by atoms with van der Waals surface area (Å²) < 4.78 is 65.2. The monoisotopic (exact) mass is 395 g/mol. The summed E-state index contributed by atoms with van der Waals surface area (Å²) in [6, 6.07) is -1.36. The molecule has 13 nitrogen and oxygen atoms in total. The largest absolute Gasteiger partial charge is 0.418 e. The lowest BCUT2D eigenvalue weighted by Crippen LogP contribution is -2.50. The SMILES string of the molecule is N=C(NS(=O)(=O)c1ccon1)[C@@H]1CC[C@@H]2CN1C(=O)N2OS(=O)(=O)O. The van der Waals surface area contributed by atoms with Crippen LogP contribution in [0, 0.1) is 5.41 Å². The molecule has 15 heteroatoms. The zero-order chi connectivity index (χ0) is 18.4. The molecule has 2 bridgehead atoms. The highest BCUT2D eigenvalue weighted by molar-refractivity contribution is 7.90. The summed E-state index contributed by atoms with van der Waals surface area (Å²) in [5.74, 6) is -0.483. The number of carbonyl (C=O) groups is 1. The zero-order valence-electron chi connectivity index (χ0n) is 12.4. The predicted molar refractivity (Wildman–Crippen MR) is 77.9 cm³/mol. The Bertz CT molecular complexity index is 896. The second kappa shape index (κ2) is 5.94. The van der Waals surface area contributed by atoms with Crippen LogP contribution in [0.25, 0.3) is 0 Å². The first-order chi connectivity index (χ1) is 11.6. The van der Waals surface area contributed by atoms with Crippen molar-refractivity contribution in [1.82, 2.24) is 19.8 Å². The topological polar surface area (TPSA) is 183 Å². The number of fused-ring (bicyclic) bond motifs is 2. The normalized spacial score (nSPS) is 23.8. The highest BCUT2D eigenvalue weighted by Gasteiger charge is 2.48. The molecule has 2 fully saturated rings. The Kier molecular flexibility index (Phi) is 4.18. The molecule has 0 aliphatic carbocycles. The lowest BCUT2D eigenvalue weighted by atomic mass is 10.0. The molecule has 25 heavy (non-hydrogen) atoms. The third kappa shape index (κ3) is 3.44. The number of nitrogens with one attached hydrogen (secondary N) is 2. The minimum Gasteiger partial charge on any atom is -0.363 e. The van der Waals surface area contributed by atoms with Gasteiger partial charge < -0.3 is 9.42 Å². The van der Waals surface area contributed by atoms with Gasteiger partial charge in [-0.05, 0) is 12.8 Å². The van der Waals surface area contributed by atoms with Crippen LogP contribution in [0.4, 0.5) is 4.79 Å². The number of amidine groups is 1. The zero-order valence-corrected chi connectivity index (χ0v) is 14.0. The molecule has 2 saturated heterocycles. The fraction of sp³-hybridized carbons (Fsp3) is 0.500. The maximum atomic E-state index is 12.2. The number of carbonyl (C=O) groups excluding carboxylic acids is 1. The van der Waals surface area contributed by atoms with Gasteiger partial charge in [0, 0.05) is 12.6 Å². The second-order valence-electron chi connectivity index (χ2n) is 5.37. The Morgan fingerprint density at radius 1 is 1.40 bits per heavy atom. The third-order valence-corrected chi connectivity index (χ3v) is 5.36. The smallest absolute Gasteiger partial charge is 0.363 e. The van der Waals surface area contributed by atoms with Crippen molar-refractivity contribution in [2.75, 3.05) is 6.54 Å². The molecule has 0 saturated carbocycles. The van der Waals surface area contributed by atoms with Crippen LogP contribution < -0.4 is 4.72 Å². The van der Waals surface area contributed by atoms with E-state index in [1.54, 1.807) is 0 Å². The van der Waals surface area contributed by atoms with Gasteiger partial charge in [0.25, 0.3) is 10.0 Å². The number of rotatable bonds is 5. The Morgan fingerprint density at radius 2 is 2.12 bits per heavy atom. The van der Waals surface area contributed by atoms with Crippen molar-refractivity contribution in [2.24, 2.45) is 0 Å². The lowest BCUT2D eigenvalue weighted by molar-refractivity contribution is -0.0316. The number of nitrogens with zero attached hydrogens (tertiary/aromatic N) is 3. The molecule has 1 aromatic heterocycles. The van der Waals surface area contributed by atoms with Gasteiger partial charge in [-0.15, -0.1) is 4.28 Å². The molecular weight excluding hydrogens is 382 g/mol. The number of hydrogen-bond acceptors (Lipinski definition) is 9. The molecule has 2 amide bonds. The van der Waals surface area contributed by atoms with E-state index in [2.05, 4.69) is 14.0 Å². The minimum absolute atomic E-state index is 0.0209. The van der Waals surface area contributed by atoms with Gasteiger partial charge in [-0.3, -0.25) is 14.7 Å². The van der Waals surface area contributed by atoms with Gasteiger partial charge in [-0.1, -0.05) is 5.16 Å². The summed E-state index contributed by atoms with van der Waals surface area (Å²) in [7, 11) is -9.02. The van der Waals surface area contributed by atoms with Crippen LogP contribution >= 0.6 is 0 Å². The van der Waals surface area contributed by atoms with E-state index in [-0.39, 0.29) is 19.4 Å². The fourth-order valence-corrected chi connectivity index (χ4v) is 4.03. The molecule has 2 aliphatic rings. The van der Waals surface area contributed by atoms with Gasteiger partial charge in [0.1, 0.15) is 12.1 Å². The maximum Gasteiger partial charge on any atom is 0.418 e. The molecule has 2 atom stereocenters. The Morgan fingerprint density at radius 3 is 2.72 bits per heavy atom. The van der Waals surface area contributed by atoms with Crippen LogP contribution in [-0.2, 0) is 24.7 Å². The van der Waals surface area contributed by atoms with Crippen LogP contribution in [0.15, 0.2) is 21.9 Å². The van der Waals surface area contributed by atoms with Crippen molar-refractivity contribution in [3.63, 3.8) is 0 Å². The number of hydroxylamine groups is 2. The van der Waals surface area contributed by atoms with E-state index in [1.165, 1.54) is 0 Å².